The lowest BCUT2D eigenvalue weighted by Gasteiger charge is -2.13. The molecule has 2 heterocycles. The highest BCUT2D eigenvalue weighted by Crippen LogP contribution is 2.26. The number of amides is 1. The van der Waals surface area contributed by atoms with Crippen LogP contribution in [0.4, 0.5) is 10.5 Å². The van der Waals surface area contributed by atoms with Crippen molar-refractivity contribution in [3.8, 4) is 5.75 Å². The van der Waals surface area contributed by atoms with E-state index in [0.29, 0.717) is 12.3 Å². The Kier molecular flexibility index (Phi) is 4.61. The summed E-state index contributed by atoms with van der Waals surface area (Å²) in [7, 11) is 0. The maximum absolute atomic E-state index is 11.1. The van der Waals surface area contributed by atoms with E-state index < -0.39 is 6.09 Å². The molecule has 0 unspecified atom stereocenters. The average Bonchev–Trinajstić information content (AvgIpc) is 2.87. The fourth-order valence-electron chi connectivity index (χ4n) is 2.91. The number of benzene rings is 1. The van der Waals surface area contributed by atoms with E-state index in [1.165, 1.54) is 11.1 Å². The summed E-state index contributed by atoms with van der Waals surface area (Å²) in [6.45, 7) is 6.72. The van der Waals surface area contributed by atoms with Crippen LogP contribution in [0.25, 0.3) is 5.65 Å². The molecule has 0 fully saturated rings. The molecule has 3 aromatic rings. The van der Waals surface area contributed by atoms with E-state index in [1.807, 2.05) is 30.4 Å². The molecule has 6 nitrogen and oxygen atoms in total. The predicted molar refractivity (Wildman–Crippen MR) is 98.0 cm³/mol. The van der Waals surface area contributed by atoms with Crippen LogP contribution in [0.15, 0.2) is 36.5 Å². The molecule has 130 valence electrons. The van der Waals surface area contributed by atoms with E-state index >= 15 is 0 Å². The van der Waals surface area contributed by atoms with E-state index in [0.717, 1.165) is 29.1 Å². The Balaban J connectivity index is 1.99. The van der Waals surface area contributed by atoms with Gasteiger partial charge in [0.15, 0.2) is 11.4 Å². The van der Waals surface area contributed by atoms with Crippen LogP contribution >= 0.6 is 0 Å². The summed E-state index contributed by atoms with van der Waals surface area (Å²) in [4.78, 5) is 15.7. The Labute approximate surface area is 146 Å². The van der Waals surface area contributed by atoms with Crippen LogP contribution in [0.2, 0.25) is 0 Å². The van der Waals surface area contributed by atoms with Crippen molar-refractivity contribution in [2.24, 2.45) is 5.73 Å². The maximum atomic E-state index is 11.1. The Bertz CT molecular complexity index is 931. The number of hydrogen-bond donors (Lipinski definition) is 2. The second-order valence-electron chi connectivity index (χ2n) is 5.96. The van der Waals surface area contributed by atoms with Crippen molar-refractivity contribution in [2.45, 2.75) is 33.7 Å². The largest absolute Gasteiger partial charge is 0.410 e. The van der Waals surface area contributed by atoms with Gasteiger partial charge in [-0.3, -0.25) is 4.40 Å². The normalized spacial score (nSPS) is 10.8. The zero-order chi connectivity index (χ0) is 18.0. The highest BCUT2D eigenvalue weighted by molar-refractivity contribution is 5.73. The summed E-state index contributed by atoms with van der Waals surface area (Å²) < 4.78 is 6.98. The number of primary amides is 1. The van der Waals surface area contributed by atoms with Crippen LogP contribution in [0.3, 0.4) is 0 Å². The third-order valence-electron chi connectivity index (χ3n) is 4.36. The maximum Gasteiger partial charge on any atom is 0.410 e. The first-order chi connectivity index (χ1) is 12.0. The van der Waals surface area contributed by atoms with Crippen LogP contribution < -0.4 is 15.8 Å². The lowest BCUT2D eigenvalue weighted by atomic mass is 10.1. The molecule has 25 heavy (non-hydrogen) atoms. The fraction of sp³-hybridized carbons (Fsp3) is 0.263. The zero-order valence-corrected chi connectivity index (χ0v) is 14.7. The number of rotatable bonds is 5. The zero-order valence-electron chi connectivity index (χ0n) is 14.7. The number of ether oxygens (including phenoxy) is 1. The summed E-state index contributed by atoms with van der Waals surface area (Å²) >= 11 is 0. The minimum Gasteiger partial charge on any atom is -0.409 e. The molecule has 0 aliphatic carbocycles. The summed E-state index contributed by atoms with van der Waals surface area (Å²) in [6.07, 6.45) is 1.86. The van der Waals surface area contributed by atoms with Crippen molar-refractivity contribution in [1.29, 1.82) is 0 Å². The van der Waals surface area contributed by atoms with Crippen LogP contribution in [0.5, 0.6) is 5.75 Å². The SMILES string of the molecule is CCc1ccccc1CNc1cc(OC(N)=O)cn2c(C)c(C)nc12. The second kappa shape index (κ2) is 6.84. The van der Waals surface area contributed by atoms with Crippen molar-refractivity contribution in [2.75, 3.05) is 5.32 Å². The number of carbonyl (C=O) groups is 1. The molecule has 1 amide bonds. The van der Waals surface area contributed by atoms with E-state index in [1.54, 1.807) is 12.3 Å². The number of fused-ring (bicyclic) bond motifs is 1. The first-order valence-corrected chi connectivity index (χ1v) is 8.26. The molecule has 0 saturated carbocycles. The molecule has 6 heteroatoms. The molecule has 3 rings (SSSR count). The van der Waals surface area contributed by atoms with Crippen molar-refractivity contribution in [1.82, 2.24) is 9.38 Å². The number of nitrogens with two attached hydrogens (primary N) is 1. The monoisotopic (exact) mass is 338 g/mol. The van der Waals surface area contributed by atoms with Gasteiger partial charge in [0.25, 0.3) is 0 Å². The molecular weight excluding hydrogens is 316 g/mol. The van der Waals surface area contributed by atoms with Gasteiger partial charge in [-0.05, 0) is 31.4 Å². The average molecular weight is 338 g/mol. The Morgan fingerprint density at radius 1 is 1.28 bits per heavy atom. The summed E-state index contributed by atoms with van der Waals surface area (Å²) in [5, 5.41) is 3.42. The Morgan fingerprint density at radius 3 is 2.68 bits per heavy atom. The van der Waals surface area contributed by atoms with Crippen LogP contribution in [0.1, 0.15) is 29.4 Å². The number of aryl methyl sites for hydroxylation is 3. The molecule has 0 aliphatic rings. The first-order valence-electron chi connectivity index (χ1n) is 8.26. The Morgan fingerprint density at radius 2 is 2.00 bits per heavy atom. The summed E-state index contributed by atoms with van der Waals surface area (Å²) in [6, 6.07) is 10.1. The van der Waals surface area contributed by atoms with Crippen molar-refractivity contribution in [3.63, 3.8) is 0 Å². The summed E-state index contributed by atoms with van der Waals surface area (Å²) in [5.74, 6) is 0.381. The fourth-order valence-corrected chi connectivity index (χ4v) is 2.91. The number of imidazole rings is 1. The minimum absolute atomic E-state index is 0.381. The molecule has 0 bridgehead atoms. The third-order valence-corrected chi connectivity index (χ3v) is 4.36. The lowest BCUT2D eigenvalue weighted by molar-refractivity contribution is 0.210. The van der Waals surface area contributed by atoms with Gasteiger partial charge >= 0.3 is 6.09 Å². The van der Waals surface area contributed by atoms with E-state index in [4.69, 9.17) is 10.5 Å². The van der Waals surface area contributed by atoms with E-state index in [-0.39, 0.29) is 0 Å². The van der Waals surface area contributed by atoms with E-state index in [9.17, 15) is 4.79 Å². The topological polar surface area (TPSA) is 81.6 Å². The number of aromatic nitrogens is 2. The number of nitrogens with zero attached hydrogens (tertiary/aromatic N) is 2. The van der Waals surface area contributed by atoms with Gasteiger partial charge in [0.2, 0.25) is 0 Å². The van der Waals surface area contributed by atoms with Gasteiger partial charge in [0.1, 0.15) is 0 Å². The first kappa shape index (κ1) is 16.8. The van der Waals surface area contributed by atoms with Gasteiger partial charge in [-0.2, -0.15) is 0 Å². The van der Waals surface area contributed by atoms with Gasteiger partial charge in [-0.25, -0.2) is 9.78 Å². The second-order valence-corrected chi connectivity index (χ2v) is 5.96. The van der Waals surface area contributed by atoms with Gasteiger partial charge in [0, 0.05) is 18.3 Å². The third kappa shape index (κ3) is 3.42. The molecule has 1 aromatic carbocycles. The number of anilines is 1. The summed E-state index contributed by atoms with van der Waals surface area (Å²) in [5.41, 5.74) is 11.2. The van der Waals surface area contributed by atoms with Gasteiger partial charge in [-0.15, -0.1) is 0 Å². The molecule has 0 radical (unpaired) electrons. The standard InChI is InChI=1S/C19H22N4O2/c1-4-14-7-5-6-8-15(14)10-21-17-9-16(25-19(20)24)11-23-13(3)12(2)22-18(17)23/h5-9,11,21H,4,10H2,1-3H3,(H2,20,24). The van der Waals surface area contributed by atoms with Crippen molar-refractivity contribution < 1.29 is 9.53 Å². The van der Waals surface area contributed by atoms with Crippen LogP contribution in [-0.4, -0.2) is 15.5 Å². The molecule has 0 aliphatic heterocycles. The lowest BCUT2D eigenvalue weighted by Crippen LogP contribution is -2.16. The molecule has 2 aromatic heterocycles. The van der Waals surface area contributed by atoms with Gasteiger partial charge in [-0.1, -0.05) is 31.2 Å². The van der Waals surface area contributed by atoms with Crippen LogP contribution in [0, 0.1) is 13.8 Å². The van der Waals surface area contributed by atoms with Gasteiger partial charge < -0.3 is 15.8 Å². The molecule has 0 spiro atoms. The highest BCUT2D eigenvalue weighted by Gasteiger charge is 2.13. The number of pyridine rings is 1. The number of hydrogen-bond acceptors (Lipinski definition) is 4. The highest BCUT2D eigenvalue weighted by atomic mass is 16.5. The molecule has 0 saturated heterocycles. The minimum atomic E-state index is -0.837. The predicted octanol–water partition coefficient (Wildman–Crippen LogP) is 3.58. The molecular formula is C19H22N4O2. The van der Waals surface area contributed by atoms with E-state index in [2.05, 4.69) is 29.4 Å². The number of carbonyl (C=O) groups excluding carboxylic acids is 1. The van der Waals surface area contributed by atoms with Gasteiger partial charge in [0.05, 0.1) is 17.6 Å². The molecule has 3 N–H and O–H groups in total. The quantitative estimate of drug-likeness (QED) is 0.745. The Hall–Kier alpha value is -3.02. The van der Waals surface area contributed by atoms with Crippen molar-refractivity contribution >= 4 is 17.4 Å². The molecule has 0 atom stereocenters. The smallest absolute Gasteiger partial charge is 0.409 e. The number of nitrogens with one attached hydrogen (secondary N) is 1. The van der Waals surface area contributed by atoms with Crippen molar-refractivity contribution in [3.05, 3.63) is 59.0 Å². The van der Waals surface area contributed by atoms with Crippen LogP contribution in [-0.2, 0) is 13.0 Å².